The van der Waals surface area contributed by atoms with Crippen LogP contribution < -0.4 is 9.80 Å². The third-order valence-corrected chi connectivity index (χ3v) is 9.67. The van der Waals surface area contributed by atoms with Gasteiger partial charge >= 0.3 is 8.80 Å². The lowest BCUT2D eigenvalue weighted by atomic mass is 10.1. The minimum absolute atomic E-state index is 0.341. The Labute approximate surface area is 227 Å². The van der Waals surface area contributed by atoms with Gasteiger partial charge in [0.1, 0.15) is 5.75 Å². The predicted octanol–water partition coefficient (Wildman–Crippen LogP) is 8.24. The Kier molecular flexibility index (Phi) is 15.2. The summed E-state index contributed by atoms with van der Waals surface area (Å²) in [4.78, 5) is 6.62. The maximum absolute atomic E-state index is 6.62. The summed E-state index contributed by atoms with van der Waals surface area (Å²) in [6.07, 6.45) is 16.0. The Bertz CT molecular complexity index is 798. The van der Waals surface area contributed by atoms with E-state index < -0.39 is 8.80 Å². The van der Waals surface area contributed by atoms with Gasteiger partial charge in [0.2, 0.25) is 0 Å². The summed E-state index contributed by atoms with van der Waals surface area (Å²) in [5.74, 6) is 0.880. The molecule has 0 fully saturated rings. The zero-order valence-electron chi connectivity index (χ0n) is 24.1. The molecule has 1 unspecified atom stereocenters. The smallest absolute Gasteiger partial charge is 0.494 e. The van der Waals surface area contributed by atoms with Crippen molar-refractivity contribution in [2.45, 2.75) is 105 Å². The second-order valence-electron chi connectivity index (χ2n) is 9.45. The van der Waals surface area contributed by atoms with Crippen LogP contribution in [0.3, 0.4) is 0 Å². The second-order valence-corrected chi connectivity index (χ2v) is 12.2. The Morgan fingerprint density at radius 2 is 1.41 bits per heavy atom. The van der Waals surface area contributed by atoms with Crippen molar-refractivity contribution in [3.8, 4) is 5.75 Å². The summed E-state index contributed by atoms with van der Waals surface area (Å²) in [7, 11) is -3.08. The van der Waals surface area contributed by atoms with Crippen molar-refractivity contribution in [2.24, 2.45) is 0 Å². The predicted molar refractivity (Wildman–Crippen MR) is 156 cm³/mol. The number of rotatable bonds is 21. The van der Waals surface area contributed by atoms with Crippen molar-refractivity contribution in [3.05, 3.63) is 42.1 Å². The molecule has 0 amide bonds. The Hall–Kier alpha value is -1.64. The minimum Gasteiger partial charge on any atom is -0.494 e. The zero-order valence-corrected chi connectivity index (χ0v) is 25.1. The summed E-state index contributed by atoms with van der Waals surface area (Å²) in [5.41, 5.74) is 2.38. The van der Waals surface area contributed by atoms with Crippen LogP contribution >= 0.6 is 0 Å². The van der Waals surface area contributed by atoms with E-state index in [2.05, 4.69) is 32.6 Å². The molecule has 2 rings (SSSR count). The van der Waals surface area contributed by atoms with Crippen LogP contribution in [0.5, 0.6) is 5.75 Å². The van der Waals surface area contributed by atoms with Gasteiger partial charge in [-0.05, 0) is 57.9 Å². The summed E-state index contributed by atoms with van der Waals surface area (Å²) in [6.45, 7) is 16.8. The number of hydrogen-bond acceptors (Lipinski definition) is 6. The van der Waals surface area contributed by atoms with Crippen molar-refractivity contribution in [2.75, 3.05) is 31.5 Å². The number of hydroxylamine groups is 1. The fourth-order valence-corrected chi connectivity index (χ4v) is 7.48. The monoisotopic (exact) mass is 533 g/mol. The molecule has 210 valence electrons. The number of anilines is 1. The first-order valence-corrected chi connectivity index (χ1v) is 16.4. The molecule has 0 aliphatic carbocycles. The van der Waals surface area contributed by atoms with Crippen molar-refractivity contribution in [3.63, 3.8) is 0 Å². The lowest BCUT2D eigenvalue weighted by Gasteiger charge is -2.39. The number of hydrogen-bond donors (Lipinski definition) is 0. The fourth-order valence-electron chi connectivity index (χ4n) is 4.59. The molecule has 1 aromatic rings. The van der Waals surface area contributed by atoms with Crippen LogP contribution in [0.15, 0.2) is 36.6 Å². The standard InChI is InChI=1S/C30H51NO5Si/c1-7-12-13-14-15-16-17-18-24-32-28-22-23-29-27(25-28)21-20-26(6)31(29)36-30(19-8-2)37(33-9-3,34-10-4)35-11-5/h20-23,25,30H,6-19,24H2,1-5H3. The van der Waals surface area contributed by atoms with Crippen LogP contribution in [-0.2, 0) is 18.1 Å². The Morgan fingerprint density at radius 1 is 0.784 bits per heavy atom. The molecule has 0 N–H and O–H groups in total. The van der Waals surface area contributed by atoms with Crippen LogP contribution in [-0.4, -0.2) is 41.0 Å². The molecule has 1 aliphatic heterocycles. The first kappa shape index (κ1) is 31.6. The summed E-state index contributed by atoms with van der Waals surface area (Å²) < 4.78 is 24.6. The van der Waals surface area contributed by atoms with Crippen molar-refractivity contribution >= 4 is 20.6 Å². The van der Waals surface area contributed by atoms with Gasteiger partial charge in [-0.2, -0.15) is 0 Å². The van der Waals surface area contributed by atoms with E-state index in [1.54, 1.807) is 5.06 Å². The number of fused-ring (bicyclic) bond motifs is 1. The largest absolute Gasteiger partial charge is 0.534 e. The van der Waals surface area contributed by atoms with Gasteiger partial charge in [0.05, 0.1) is 18.0 Å². The van der Waals surface area contributed by atoms with Gasteiger partial charge in [0.25, 0.3) is 0 Å². The number of ether oxygens (including phenoxy) is 1. The first-order valence-electron chi connectivity index (χ1n) is 14.6. The number of benzene rings is 1. The lowest BCUT2D eigenvalue weighted by Crippen LogP contribution is -2.59. The molecule has 1 aliphatic rings. The van der Waals surface area contributed by atoms with Gasteiger partial charge in [-0.25, -0.2) is 5.06 Å². The minimum atomic E-state index is -3.08. The molecule has 1 heterocycles. The summed E-state index contributed by atoms with van der Waals surface area (Å²) >= 11 is 0. The normalized spacial score (nSPS) is 14.2. The molecule has 0 radical (unpaired) electrons. The third kappa shape index (κ3) is 9.87. The van der Waals surface area contributed by atoms with Crippen LogP contribution in [0.2, 0.25) is 0 Å². The van der Waals surface area contributed by atoms with E-state index in [0.717, 1.165) is 48.6 Å². The SMILES string of the molecule is C=C1C=Cc2cc(OCCCCCCCCCC)ccc2N1OC(CCC)[Si](OCC)(OCC)OCC. The van der Waals surface area contributed by atoms with Gasteiger partial charge in [0, 0.05) is 25.4 Å². The van der Waals surface area contributed by atoms with Gasteiger partial charge in [0.15, 0.2) is 5.73 Å². The fraction of sp³-hybridized carbons (Fsp3) is 0.667. The molecule has 37 heavy (non-hydrogen) atoms. The van der Waals surface area contributed by atoms with Gasteiger partial charge in [-0.3, -0.25) is 4.84 Å². The van der Waals surface area contributed by atoms with E-state index >= 15 is 0 Å². The quantitative estimate of drug-likeness (QED) is 0.117. The molecule has 1 aromatic carbocycles. The maximum Gasteiger partial charge on any atom is 0.534 e. The van der Waals surface area contributed by atoms with Gasteiger partial charge in [-0.15, -0.1) is 0 Å². The van der Waals surface area contributed by atoms with E-state index in [0.29, 0.717) is 19.8 Å². The zero-order chi connectivity index (χ0) is 26.9. The maximum atomic E-state index is 6.62. The number of unbranched alkanes of at least 4 members (excludes halogenated alkanes) is 7. The second kappa shape index (κ2) is 17.8. The molecule has 0 spiro atoms. The van der Waals surface area contributed by atoms with Crippen molar-refractivity contribution in [1.29, 1.82) is 0 Å². The van der Waals surface area contributed by atoms with E-state index in [-0.39, 0.29) is 5.73 Å². The van der Waals surface area contributed by atoms with Crippen LogP contribution in [0.25, 0.3) is 6.08 Å². The summed E-state index contributed by atoms with van der Waals surface area (Å²) in [6, 6.07) is 6.13. The highest BCUT2D eigenvalue weighted by Crippen LogP contribution is 2.35. The number of nitrogens with zero attached hydrogens (tertiary/aromatic N) is 1. The van der Waals surface area contributed by atoms with E-state index in [9.17, 15) is 0 Å². The molecule has 7 heteroatoms. The van der Waals surface area contributed by atoms with Crippen molar-refractivity contribution < 1.29 is 22.9 Å². The van der Waals surface area contributed by atoms with Gasteiger partial charge in [-0.1, -0.05) is 77.9 Å². The van der Waals surface area contributed by atoms with E-state index in [1.165, 1.54) is 44.9 Å². The molecule has 0 aromatic heterocycles. The Balaban J connectivity index is 2.05. The first-order chi connectivity index (χ1) is 18.0. The average Bonchev–Trinajstić information content (AvgIpc) is 2.89. The molecular weight excluding hydrogens is 482 g/mol. The number of allylic oxidation sites excluding steroid dienone is 1. The Morgan fingerprint density at radius 3 is 2.00 bits per heavy atom. The summed E-state index contributed by atoms with van der Waals surface area (Å²) in [5, 5.41) is 1.80. The molecule has 0 bridgehead atoms. The lowest BCUT2D eigenvalue weighted by molar-refractivity contribution is -0.0160. The third-order valence-electron chi connectivity index (χ3n) is 6.41. The highest BCUT2D eigenvalue weighted by atomic mass is 28.4. The highest BCUT2D eigenvalue weighted by molar-refractivity contribution is 6.62. The molecule has 6 nitrogen and oxygen atoms in total. The molecule has 0 saturated heterocycles. The van der Waals surface area contributed by atoms with Gasteiger partial charge < -0.3 is 18.0 Å². The van der Waals surface area contributed by atoms with E-state index in [4.69, 9.17) is 22.9 Å². The topological polar surface area (TPSA) is 49.4 Å². The van der Waals surface area contributed by atoms with Crippen LogP contribution in [0, 0.1) is 0 Å². The van der Waals surface area contributed by atoms with Crippen LogP contribution in [0.1, 0.15) is 104 Å². The van der Waals surface area contributed by atoms with Crippen molar-refractivity contribution in [1.82, 2.24) is 0 Å². The molecule has 1 atom stereocenters. The average molecular weight is 534 g/mol. The van der Waals surface area contributed by atoms with E-state index in [1.807, 2.05) is 39.0 Å². The molecule has 0 saturated carbocycles. The molecular formula is C30H51NO5Si. The van der Waals surface area contributed by atoms with Crippen LogP contribution in [0.4, 0.5) is 5.69 Å². The highest BCUT2D eigenvalue weighted by Gasteiger charge is 2.51.